The van der Waals surface area contributed by atoms with E-state index in [0.717, 1.165) is 17.7 Å². The second kappa shape index (κ2) is 5.86. The van der Waals surface area contributed by atoms with E-state index < -0.39 is 26.6 Å². The molecule has 0 bridgehead atoms. The van der Waals surface area contributed by atoms with Gasteiger partial charge < -0.3 is 4.90 Å². The van der Waals surface area contributed by atoms with Gasteiger partial charge in [0.05, 0.1) is 4.90 Å². The molecule has 0 aliphatic carbocycles. The van der Waals surface area contributed by atoms with Crippen LogP contribution in [-0.4, -0.2) is 21.4 Å². The number of aryl methyl sites for hydroxylation is 1. The number of rotatable bonds is 3. The molecule has 1 heterocycles. The Labute approximate surface area is 138 Å². The van der Waals surface area contributed by atoms with Crippen molar-refractivity contribution < 1.29 is 22.0 Å². The van der Waals surface area contributed by atoms with Crippen molar-refractivity contribution >= 4 is 27.3 Å². The van der Waals surface area contributed by atoms with Gasteiger partial charge in [-0.25, -0.2) is 17.2 Å². The Balaban J connectivity index is 1.92. The Hall–Kier alpha value is -2.48. The van der Waals surface area contributed by atoms with Crippen molar-refractivity contribution in [1.82, 2.24) is 0 Å². The van der Waals surface area contributed by atoms with Crippen LogP contribution in [0.5, 0.6) is 0 Å². The van der Waals surface area contributed by atoms with Crippen LogP contribution in [0.3, 0.4) is 0 Å². The van der Waals surface area contributed by atoms with Gasteiger partial charge in [0.25, 0.3) is 10.0 Å². The van der Waals surface area contributed by atoms with Crippen molar-refractivity contribution in [3.8, 4) is 0 Å². The van der Waals surface area contributed by atoms with Gasteiger partial charge >= 0.3 is 0 Å². The highest BCUT2D eigenvalue weighted by atomic mass is 32.2. The van der Waals surface area contributed by atoms with Crippen molar-refractivity contribution in [2.75, 3.05) is 16.7 Å². The molecule has 0 atom stereocenters. The third-order valence-corrected chi connectivity index (χ3v) is 5.18. The Morgan fingerprint density at radius 3 is 2.38 bits per heavy atom. The first-order valence-corrected chi connectivity index (χ1v) is 8.63. The van der Waals surface area contributed by atoms with E-state index >= 15 is 0 Å². The van der Waals surface area contributed by atoms with Gasteiger partial charge in [-0.1, -0.05) is 0 Å². The maximum absolute atomic E-state index is 13.2. The Kier molecular flexibility index (Phi) is 4.00. The van der Waals surface area contributed by atoms with E-state index in [4.69, 9.17) is 0 Å². The zero-order chi connectivity index (χ0) is 17.5. The quantitative estimate of drug-likeness (QED) is 0.924. The second-order valence-corrected chi connectivity index (χ2v) is 7.19. The van der Waals surface area contributed by atoms with Crippen LogP contribution in [0.25, 0.3) is 0 Å². The molecule has 1 aliphatic rings. The van der Waals surface area contributed by atoms with E-state index in [9.17, 15) is 22.0 Å². The van der Waals surface area contributed by atoms with E-state index in [0.29, 0.717) is 24.6 Å². The first kappa shape index (κ1) is 16.4. The van der Waals surface area contributed by atoms with Gasteiger partial charge in [-0.05, 0) is 42.3 Å². The summed E-state index contributed by atoms with van der Waals surface area (Å²) in [6.07, 6.45) is 0.845. The molecule has 1 amide bonds. The molecule has 5 nitrogen and oxygen atoms in total. The van der Waals surface area contributed by atoms with Crippen molar-refractivity contribution in [1.29, 1.82) is 0 Å². The average molecular weight is 352 g/mol. The summed E-state index contributed by atoms with van der Waals surface area (Å²) in [7, 11) is -2.47. The van der Waals surface area contributed by atoms with Gasteiger partial charge in [-0.3, -0.25) is 9.52 Å². The molecule has 24 heavy (non-hydrogen) atoms. The summed E-state index contributed by atoms with van der Waals surface area (Å²) in [5.41, 5.74) is 1.80. The topological polar surface area (TPSA) is 66.5 Å². The van der Waals surface area contributed by atoms with E-state index in [-0.39, 0.29) is 11.6 Å². The van der Waals surface area contributed by atoms with Crippen molar-refractivity contribution in [2.45, 2.75) is 17.7 Å². The number of nitrogens with one attached hydrogen (secondary N) is 1. The molecule has 0 radical (unpaired) electrons. The zero-order valence-electron chi connectivity index (χ0n) is 12.7. The SMILES string of the molecule is CN1C(=O)CCc2cc(NS(=O)(=O)c3cc(F)cc(F)c3)ccc21. The van der Waals surface area contributed by atoms with Crippen LogP contribution < -0.4 is 9.62 Å². The Bertz CT molecular complexity index is 909. The number of amides is 1. The van der Waals surface area contributed by atoms with Gasteiger partial charge in [0.1, 0.15) is 11.6 Å². The van der Waals surface area contributed by atoms with E-state index in [2.05, 4.69) is 4.72 Å². The van der Waals surface area contributed by atoms with Crippen LogP contribution in [0.1, 0.15) is 12.0 Å². The minimum atomic E-state index is -4.12. The molecule has 126 valence electrons. The lowest BCUT2D eigenvalue weighted by atomic mass is 10.0. The predicted octanol–water partition coefficient (Wildman–Crippen LogP) is 2.67. The highest BCUT2D eigenvalue weighted by molar-refractivity contribution is 7.92. The van der Waals surface area contributed by atoms with Gasteiger partial charge in [0.2, 0.25) is 5.91 Å². The lowest BCUT2D eigenvalue weighted by Crippen LogP contribution is -2.31. The number of nitrogens with zero attached hydrogens (tertiary/aromatic N) is 1. The first-order valence-electron chi connectivity index (χ1n) is 7.15. The fourth-order valence-corrected chi connectivity index (χ4v) is 3.71. The fourth-order valence-electron chi connectivity index (χ4n) is 2.62. The summed E-state index contributed by atoms with van der Waals surface area (Å²) < 4.78 is 53.3. The van der Waals surface area contributed by atoms with E-state index in [1.807, 2.05) is 0 Å². The number of hydrogen-bond donors (Lipinski definition) is 1. The molecular weight excluding hydrogens is 338 g/mol. The molecule has 0 aromatic heterocycles. The molecule has 2 aromatic rings. The number of anilines is 2. The highest BCUT2D eigenvalue weighted by Gasteiger charge is 2.22. The van der Waals surface area contributed by atoms with Crippen LogP contribution in [0.15, 0.2) is 41.3 Å². The molecule has 0 saturated heterocycles. The molecule has 3 rings (SSSR count). The number of sulfonamides is 1. The summed E-state index contributed by atoms with van der Waals surface area (Å²) in [5.74, 6) is -1.95. The van der Waals surface area contributed by atoms with Gasteiger partial charge in [0.15, 0.2) is 0 Å². The molecule has 0 unspecified atom stereocenters. The third kappa shape index (κ3) is 3.09. The Morgan fingerprint density at radius 1 is 1.04 bits per heavy atom. The first-order chi connectivity index (χ1) is 11.3. The molecule has 2 aromatic carbocycles. The van der Waals surface area contributed by atoms with Crippen LogP contribution in [0.4, 0.5) is 20.2 Å². The smallest absolute Gasteiger partial charge is 0.262 e. The summed E-state index contributed by atoms with van der Waals surface area (Å²) in [6.45, 7) is 0. The zero-order valence-corrected chi connectivity index (χ0v) is 13.5. The van der Waals surface area contributed by atoms with Crippen molar-refractivity contribution in [3.63, 3.8) is 0 Å². The average Bonchev–Trinajstić information content (AvgIpc) is 2.50. The summed E-state index contributed by atoms with van der Waals surface area (Å²) in [4.78, 5) is 12.7. The molecule has 0 spiro atoms. The van der Waals surface area contributed by atoms with Crippen molar-refractivity contribution in [3.05, 3.63) is 53.6 Å². The largest absolute Gasteiger partial charge is 0.315 e. The lowest BCUT2D eigenvalue weighted by molar-refractivity contribution is -0.118. The van der Waals surface area contributed by atoms with Crippen molar-refractivity contribution in [2.24, 2.45) is 0 Å². The maximum Gasteiger partial charge on any atom is 0.262 e. The fraction of sp³-hybridized carbons (Fsp3) is 0.188. The molecular formula is C16H14F2N2O3S. The van der Waals surface area contributed by atoms with Crippen LogP contribution >= 0.6 is 0 Å². The number of carbonyl (C=O) groups is 1. The van der Waals surface area contributed by atoms with E-state index in [1.54, 1.807) is 19.2 Å². The van der Waals surface area contributed by atoms with Gasteiger partial charge in [-0.15, -0.1) is 0 Å². The number of benzene rings is 2. The third-order valence-electron chi connectivity index (χ3n) is 3.82. The number of fused-ring (bicyclic) bond motifs is 1. The van der Waals surface area contributed by atoms with Crippen LogP contribution in [0, 0.1) is 11.6 Å². The number of carbonyl (C=O) groups excluding carboxylic acids is 1. The predicted molar refractivity (Wildman–Crippen MR) is 85.3 cm³/mol. The van der Waals surface area contributed by atoms with Gasteiger partial charge in [0, 0.05) is 30.9 Å². The van der Waals surface area contributed by atoms with Gasteiger partial charge in [-0.2, -0.15) is 0 Å². The standard InChI is InChI=1S/C16H14F2N2O3S/c1-20-15-4-3-13(6-10(15)2-5-16(20)21)19-24(22,23)14-8-11(17)7-12(18)9-14/h3-4,6-9,19H,2,5H2,1H3. The number of hydrogen-bond acceptors (Lipinski definition) is 3. The van der Waals surface area contributed by atoms with Crippen LogP contribution in [0.2, 0.25) is 0 Å². The lowest BCUT2D eigenvalue weighted by Gasteiger charge is -2.26. The second-order valence-electron chi connectivity index (χ2n) is 5.51. The number of halogens is 2. The van der Waals surface area contributed by atoms with Crippen LogP contribution in [-0.2, 0) is 21.2 Å². The summed E-state index contributed by atoms with van der Waals surface area (Å²) in [5, 5.41) is 0. The molecule has 8 heteroatoms. The molecule has 0 fully saturated rings. The van der Waals surface area contributed by atoms with E-state index in [1.165, 1.54) is 11.0 Å². The summed E-state index contributed by atoms with van der Waals surface area (Å²) >= 11 is 0. The molecule has 1 aliphatic heterocycles. The Morgan fingerprint density at radius 2 is 1.71 bits per heavy atom. The summed E-state index contributed by atoms with van der Waals surface area (Å²) in [6, 6.07) is 6.85. The monoisotopic (exact) mass is 352 g/mol. The highest BCUT2D eigenvalue weighted by Crippen LogP contribution is 2.30. The maximum atomic E-state index is 13.2. The minimum absolute atomic E-state index is 0.00827. The molecule has 1 N–H and O–H groups in total. The minimum Gasteiger partial charge on any atom is -0.315 e. The normalized spacial score (nSPS) is 14.5. The molecule has 0 saturated carbocycles.